The van der Waals surface area contributed by atoms with Crippen LogP contribution in [0.1, 0.15) is 55.9 Å². The highest BCUT2D eigenvalue weighted by Crippen LogP contribution is 2.58. The van der Waals surface area contributed by atoms with Crippen LogP contribution in [0, 0.1) is 125 Å². The van der Waals surface area contributed by atoms with Crippen molar-refractivity contribution in [3.63, 3.8) is 0 Å². The summed E-state index contributed by atoms with van der Waals surface area (Å²) >= 11 is 0. The molecule has 0 saturated heterocycles. The van der Waals surface area contributed by atoms with Crippen molar-refractivity contribution in [1.82, 2.24) is 9.97 Å². The first-order chi connectivity index (χ1) is 23.2. The largest absolute Gasteiger partial charge is 0.214 e. The Balaban J connectivity index is 2.16. The van der Waals surface area contributed by atoms with E-state index >= 15 is 0 Å². The Morgan fingerprint density at radius 2 is 0.812 bits per heavy atom. The monoisotopic (exact) mass is 618 g/mol. The summed E-state index contributed by atoms with van der Waals surface area (Å²) in [5.74, 6) is -2.16. The average molecular weight is 618 g/mol. The molecule has 0 aliphatic heterocycles. The number of pyridine rings is 2. The minimum Gasteiger partial charge on any atom is -0.208 e. The molecule has 2 aliphatic rings. The fourth-order valence-corrected chi connectivity index (χ4v) is 5.70. The molecule has 3 aromatic rings. The Bertz CT molecular complexity index is 2490. The van der Waals surface area contributed by atoms with Crippen LogP contribution in [0.4, 0.5) is 8.78 Å². The minimum atomic E-state index is -1.08. The highest BCUT2D eigenvalue weighted by Gasteiger charge is 2.44. The summed E-state index contributed by atoms with van der Waals surface area (Å²) < 4.78 is 28.2. The van der Waals surface area contributed by atoms with Gasteiger partial charge in [0.2, 0.25) is 11.9 Å². The van der Waals surface area contributed by atoms with E-state index < -0.39 is 67.8 Å². The first kappa shape index (κ1) is 30.7. The van der Waals surface area contributed by atoms with Gasteiger partial charge in [0.25, 0.3) is 0 Å². The topological polar surface area (TPSA) is 264 Å². The Morgan fingerprint density at radius 1 is 0.458 bits per heavy atom. The second-order valence-corrected chi connectivity index (χ2v) is 9.43. The van der Waals surface area contributed by atoms with E-state index in [1.807, 2.05) is 24.3 Å². The number of halogens is 2. The van der Waals surface area contributed by atoms with E-state index in [4.69, 9.17) is 0 Å². The normalized spacial score (nSPS) is 11.9. The summed E-state index contributed by atoms with van der Waals surface area (Å²) in [7, 11) is 0. The molecule has 0 radical (unpaired) electrons. The standard InChI is InChI=1S/C34H4F2N12/c35-25-3-1-17(23(13-45)47-25)29-19(9-41)31-21(11-43)32-20(10-42)30(18-2-4-26(36)48-24(18)14-46)28(16(7-39)8-40)34(32)22(12-44)33(31)27(29)15(5-37)6-38/h1-4H. The number of allylic oxidation sites excluding steroid dienone is 8. The van der Waals surface area contributed by atoms with E-state index in [0.717, 1.165) is 24.3 Å². The molecule has 0 N–H and O–H groups in total. The van der Waals surface area contributed by atoms with Gasteiger partial charge in [-0.3, -0.25) is 0 Å². The lowest BCUT2D eigenvalue weighted by Crippen LogP contribution is -2.05. The summed E-state index contributed by atoms with van der Waals surface area (Å²) in [6.07, 6.45) is 0. The molecular weight excluding hydrogens is 614 g/mol. The van der Waals surface area contributed by atoms with Gasteiger partial charge in [0, 0.05) is 55.7 Å². The van der Waals surface area contributed by atoms with Gasteiger partial charge in [-0.25, -0.2) is 9.97 Å². The van der Waals surface area contributed by atoms with Crippen molar-refractivity contribution in [2.75, 3.05) is 0 Å². The second kappa shape index (κ2) is 11.7. The third-order valence-corrected chi connectivity index (χ3v) is 7.37. The highest BCUT2D eigenvalue weighted by molar-refractivity contribution is 6.32. The van der Waals surface area contributed by atoms with Gasteiger partial charge >= 0.3 is 0 Å². The van der Waals surface area contributed by atoms with E-state index in [2.05, 4.69) is 9.97 Å². The molecule has 0 atom stereocenters. The fraction of sp³-hybridized carbons (Fsp3) is 0. The summed E-state index contributed by atoms with van der Waals surface area (Å²) in [6, 6.07) is 21.3. The quantitative estimate of drug-likeness (QED) is 0.278. The van der Waals surface area contributed by atoms with Gasteiger partial charge in [-0.2, -0.15) is 61.4 Å². The molecule has 2 aliphatic carbocycles. The van der Waals surface area contributed by atoms with Crippen molar-refractivity contribution in [2.45, 2.75) is 0 Å². The van der Waals surface area contributed by atoms with E-state index in [9.17, 15) is 61.4 Å². The van der Waals surface area contributed by atoms with Gasteiger partial charge in [-0.05, 0) is 24.3 Å². The minimum absolute atomic E-state index is 0.240. The predicted octanol–water partition coefficient (Wildman–Crippen LogP) is 4.74. The first-order valence-corrected chi connectivity index (χ1v) is 12.8. The van der Waals surface area contributed by atoms with E-state index in [-0.39, 0.29) is 44.5 Å². The molecule has 0 fully saturated rings. The third-order valence-electron chi connectivity index (χ3n) is 7.37. The van der Waals surface area contributed by atoms with Crippen molar-refractivity contribution < 1.29 is 8.78 Å². The molecule has 2 heterocycles. The molecule has 14 heteroatoms. The number of hydrogen-bond donors (Lipinski definition) is 0. The number of hydrogen-bond acceptors (Lipinski definition) is 12. The molecule has 48 heavy (non-hydrogen) atoms. The van der Waals surface area contributed by atoms with Crippen LogP contribution in [-0.4, -0.2) is 9.97 Å². The second-order valence-electron chi connectivity index (χ2n) is 9.43. The van der Waals surface area contributed by atoms with Crippen molar-refractivity contribution in [2.24, 2.45) is 0 Å². The van der Waals surface area contributed by atoms with Crippen LogP contribution in [0.5, 0.6) is 0 Å². The van der Waals surface area contributed by atoms with E-state index in [1.54, 1.807) is 36.4 Å². The van der Waals surface area contributed by atoms with E-state index in [1.165, 1.54) is 0 Å². The lowest BCUT2D eigenvalue weighted by molar-refractivity contribution is 0.581. The number of fused-ring (bicyclic) bond motifs is 2. The van der Waals surface area contributed by atoms with Crippen LogP contribution in [0.2, 0.25) is 0 Å². The first-order valence-electron chi connectivity index (χ1n) is 12.8. The number of nitrogens with zero attached hydrogens (tertiary/aromatic N) is 12. The Kier molecular flexibility index (Phi) is 7.50. The molecule has 5 rings (SSSR count). The molecule has 0 unspecified atom stereocenters. The number of benzene rings is 1. The highest BCUT2D eigenvalue weighted by atomic mass is 19.1. The van der Waals surface area contributed by atoms with Crippen LogP contribution in [-0.2, 0) is 0 Å². The molecule has 0 amide bonds. The van der Waals surface area contributed by atoms with Crippen LogP contribution < -0.4 is 0 Å². The fourth-order valence-electron chi connectivity index (χ4n) is 5.70. The number of nitriles is 10. The Labute approximate surface area is 268 Å². The van der Waals surface area contributed by atoms with Crippen molar-refractivity contribution >= 4 is 33.4 Å². The number of aromatic nitrogens is 2. The van der Waals surface area contributed by atoms with Gasteiger partial charge in [-0.1, -0.05) is 0 Å². The van der Waals surface area contributed by atoms with Crippen LogP contribution >= 0.6 is 0 Å². The van der Waals surface area contributed by atoms with Gasteiger partial charge < -0.3 is 0 Å². The maximum Gasteiger partial charge on any atom is 0.214 e. The molecular formula is C34H4F2N12. The van der Waals surface area contributed by atoms with Crippen LogP contribution in [0.25, 0.3) is 33.4 Å². The molecule has 0 bridgehead atoms. The van der Waals surface area contributed by atoms with Crippen LogP contribution in [0.3, 0.4) is 0 Å². The molecule has 0 saturated carbocycles. The predicted molar refractivity (Wildman–Crippen MR) is 155 cm³/mol. The van der Waals surface area contributed by atoms with Crippen LogP contribution in [0.15, 0.2) is 35.4 Å². The zero-order valence-corrected chi connectivity index (χ0v) is 23.4. The van der Waals surface area contributed by atoms with Gasteiger partial charge in [-0.15, -0.1) is 0 Å². The smallest absolute Gasteiger partial charge is 0.208 e. The summed E-state index contributed by atoms with van der Waals surface area (Å²) in [6.45, 7) is 0. The third kappa shape index (κ3) is 4.10. The van der Waals surface area contributed by atoms with Crippen molar-refractivity contribution in [3.05, 3.63) is 103 Å². The van der Waals surface area contributed by atoms with Gasteiger partial charge in [0.05, 0.1) is 22.3 Å². The molecule has 1 aromatic carbocycles. The molecule has 12 nitrogen and oxygen atoms in total. The lowest BCUT2D eigenvalue weighted by atomic mass is 9.82. The van der Waals surface area contributed by atoms with Crippen molar-refractivity contribution in [3.8, 4) is 60.7 Å². The van der Waals surface area contributed by atoms with Gasteiger partial charge in [0.15, 0.2) is 11.4 Å². The summed E-state index contributed by atoms with van der Waals surface area (Å²) in [4.78, 5) is 7.06. The lowest BCUT2D eigenvalue weighted by Gasteiger charge is -2.16. The molecule has 0 spiro atoms. The van der Waals surface area contributed by atoms with E-state index in [0.29, 0.717) is 0 Å². The zero-order chi connectivity index (χ0) is 34.9. The molecule has 214 valence electrons. The van der Waals surface area contributed by atoms with Crippen molar-refractivity contribution in [1.29, 1.82) is 52.6 Å². The summed E-state index contributed by atoms with van der Waals surface area (Å²) in [5, 5.41) is 102. The Hall–Kier alpha value is -8.76. The summed E-state index contributed by atoms with van der Waals surface area (Å²) in [5.41, 5.74) is -7.89. The van der Waals surface area contributed by atoms with Gasteiger partial charge in [0.1, 0.15) is 71.8 Å². The number of rotatable bonds is 2. The SMILES string of the molecule is N#CC(C#N)=C1C(c2ccc(F)nc2C#N)=C(C#N)c2c(C#N)c3c(c(C#N)c21)C(=C(C#N)C#N)C(c1ccc(F)nc1C#N)=C3C#N. The maximum absolute atomic E-state index is 14.1. The molecule has 2 aromatic heterocycles. The maximum atomic E-state index is 14.1. The Morgan fingerprint density at radius 3 is 1.10 bits per heavy atom. The zero-order valence-electron chi connectivity index (χ0n) is 23.4. The average Bonchev–Trinajstić information content (AvgIpc) is 3.61.